The van der Waals surface area contributed by atoms with Gasteiger partial charge in [0.2, 0.25) is 0 Å². The Labute approximate surface area is 213 Å². The lowest BCUT2D eigenvalue weighted by Crippen LogP contribution is -2.52. The first-order valence-corrected chi connectivity index (χ1v) is 11.4. The number of rotatable bonds is 6. The van der Waals surface area contributed by atoms with E-state index in [1.807, 2.05) is 4.90 Å². The van der Waals surface area contributed by atoms with E-state index in [4.69, 9.17) is 4.74 Å². The number of aromatic nitrogens is 3. The number of urea groups is 1. The smallest absolute Gasteiger partial charge is 0.416 e. The van der Waals surface area contributed by atoms with Crippen LogP contribution in [0.3, 0.4) is 0 Å². The van der Waals surface area contributed by atoms with Crippen LogP contribution in [0, 0.1) is 0 Å². The summed E-state index contributed by atoms with van der Waals surface area (Å²) < 4.78 is 84.3. The van der Waals surface area contributed by atoms with Crippen molar-refractivity contribution >= 4 is 11.8 Å². The van der Waals surface area contributed by atoms with Gasteiger partial charge >= 0.3 is 18.4 Å². The van der Waals surface area contributed by atoms with Gasteiger partial charge in [-0.15, -0.1) is 0 Å². The van der Waals surface area contributed by atoms with Gasteiger partial charge in [0.1, 0.15) is 6.61 Å². The third-order valence-electron chi connectivity index (χ3n) is 5.73. The van der Waals surface area contributed by atoms with Crippen molar-refractivity contribution in [1.29, 1.82) is 0 Å². The summed E-state index contributed by atoms with van der Waals surface area (Å²) in [5.41, 5.74) is -2.29. The number of carbonyl (C=O) groups is 1. The molecular weight excluding hydrogens is 518 g/mol. The molecule has 0 atom stereocenters. The Hall–Kier alpha value is -4.10. The van der Waals surface area contributed by atoms with Crippen LogP contribution in [0.15, 0.2) is 55.1 Å². The Kier molecular flexibility index (Phi) is 7.88. The summed E-state index contributed by atoms with van der Waals surface area (Å²) in [6.45, 7) is 0.954. The molecule has 1 aliphatic rings. The Morgan fingerprint density at radius 1 is 0.842 bits per heavy atom. The van der Waals surface area contributed by atoms with Crippen molar-refractivity contribution in [3.63, 3.8) is 0 Å². The summed E-state index contributed by atoms with van der Waals surface area (Å²) in [4.78, 5) is 28.4. The third-order valence-corrected chi connectivity index (χ3v) is 5.73. The average Bonchev–Trinajstić information content (AvgIpc) is 2.90. The summed E-state index contributed by atoms with van der Waals surface area (Å²) in [7, 11) is 0. The molecule has 1 aromatic carbocycles. The van der Waals surface area contributed by atoms with Crippen molar-refractivity contribution in [1.82, 2.24) is 25.2 Å². The van der Waals surface area contributed by atoms with Gasteiger partial charge in [-0.3, -0.25) is 4.98 Å². The molecule has 202 valence electrons. The van der Waals surface area contributed by atoms with Crippen molar-refractivity contribution in [2.45, 2.75) is 25.5 Å². The van der Waals surface area contributed by atoms with Crippen LogP contribution in [0.5, 0.6) is 5.88 Å². The highest BCUT2D eigenvalue weighted by molar-refractivity contribution is 5.74. The number of carbonyl (C=O) groups excluding carboxylic acids is 1. The molecule has 14 heteroatoms. The van der Waals surface area contributed by atoms with Crippen LogP contribution in [0.2, 0.25) is 0 Å². The highest BCUT2D eigenvalue weighted by Crippen LogP contribution is 2.36. The minimum atomic E-state index is -4.96. The van der Waals surface area contributed by atoms with Gasteiger partial charge in [-0.25, -0.2) is 14.8 Å². The van der Waals surface area contributed by atoms with E-state index in [2.05, 4.69) is 20.3 Å². The molecule has 8 nitrogen and oxygen atoms in total. The number of ether oxygens (including phenoxy) is 1. The average molecular weight is 540 g/mol. The van der Waals surface area contributed by atoms with Gasteiger partial charge in [-0.2, -0.15) is 26.3 Å². The standard InChI is InChI=1S/C24H22F6N6O2/c25-23(26,27)18-11-17(12-19(13-18)24(28,29)30)14-34-22(37)36-9-7-35(8-10-36)20-21(33-6-5-32-20)38-15-16-1-3-31-4-2-16/h1-6,11-13H,7-10,14-15H2,(H,34,37). The molecular formula is C24H22F6N6O2. The number of hydrogen-bond acceptors (Lipinski definition) is 6. The van der Waals surface area contributed by atoms with Crippen molar-refractivity contribution in [2.75, 3.05) is 31.1 Å². The second-order valence-electron chi connectivity index (χ2n) is 8.38. The summed E-state index contributed by atoms with van der Waals surface area (Å²) >= 11 is 0. The zero-order valence-corrected chi connectivity index (χ0v) is 19.8. The predicted molar refractivity (Wildman–Crippen MR) is 123 cm³/mol. The number of nitrogens with one attached hydrogen (secondary N) is 1. The maximum atomic E-state index is 13.1. The monoisotopic (exact) mass is 540 g/mol. The van der Waals surface area contributed by atoms with E-state index < -0.39 is 36.1 Å². The van der Waals surface area contributed by atoms with Crippen molar-refractivity contribution < 1.29 is 35.9 Å². The zero-order chi connectivity index (χ0) is 27.3. The van der Waals surface area contributed by atoms with Gasteiger partial charge in [0.05, 0.1) is 11.1 Å². The third kappa shape index (κ3) is 6.81. The first kappa shape index (κ1) is 26.9. The van der Waals surface area contributed by atoms with Crippen LogP contribution in [-0.2, 0) is 25.5 Å². The summed E-state index contributed by atoms with van der Waals surface area (Å²) in [5.74, 6) is 0.803. The molecule has 0 unspecified atom stereocenters. The highest BCUT2D eigenvalue weighted by Gasteiger charge is 2.37. The lowest BCUT2D eigenvalue weighted by atomic mass is 10.0. The second-order valence-corrected chi connectivity index (χ2v) is 8.38. The molecule has 0 radical (unpaired) electrons. The molecule has 4 rings (SSSR count). The Morgan fingerprint density at radius 2 is 1.45 bits per heavy atom. The molecule has 2 aromatic heterocycles. The van der Waals surface area contributed by atoms with E-state index in [-0.39, 0.29) is 31.3 Å². The lowest BCUT2D eigenvalue weighted by Gasteiger charge is -2.35. The van der Waals surface area contributed by atoms with Crippen molar-refractivity contribution in [2.24, 2.45) is 0 Å². The van der Waals surface area contributed by atoms with Gasteiger partial charge in [-0.05, 0) is 41.5 Å². The van der Waals surface area contributed by atoms with Crippen LogP contribution in [-0.4, -0.2) is 52.1 Å². The number of anilines is 1. The van der Waals surface area contributed by atoms with E-state index >= 15 is 0 Å². The quantitative estimate of drug-likeness (QED) is 0.463. The Morgan fingerprint density at radius 3 is 2.05 bits per heavy atom. The van der Waals surface area contributed by atoms with Crippen molar-refractivity contribution in [3.8, 4) is 5.88 Å². The van der Waals surface area contributed by atoms with Crippen LogP contribution in [0.25, 0.3) is 0 Å². The highest BCUT2D eigenvalue weighted by atomic mass is 19.4. The first-order valence-electron chi connectivity index (χ1n) is 11.4. The fraction of sp³-hybridized carbons (Fsp3) is 0.333. The Balaban J connectivity index is 1.35. The van der Waals surface area contributed by atoms with E-state index in [0.29, 0.717) is 36.9 Å². The van der Waals surface area contributed by atoms with Crippen LogP contribution >= 0.6 is 0 Å². The summed E-state index contributed by atoms with van der Waals surface area (Å²) in [6, 6.07) is 4.23. The van der Waals surface area contributed by atoms with E-state index in [0.717, 1.165) is 5.56 Å². The number of pyridine rings is 1. The SMILES string of the molecule is O=C(NCc1cc(C(F)(F)F)cc(C(F)(F)F)c1)N1CCN(c2nccnc2OCc2ccncc2)CC1. The number of hydrogen-bond donors (Lipinski definition) is 1. The maximum Gasteiger partial charge on any atom is 0.416 e. The number of piperazine rings is 1. The topological polar surface area (TPSA) is 83.5 Å². The fourth-order valence-corrected chi connectivity index (χ4v) is 3.80. The van der Waals surface area contributed by atoms with E-state index in [1.165, 1.54) is 17.3 Å². The molecule has 1 aliphatic heterocycles. The number of benzene rings is 1. The number of halogens is 6. The minimum absolute atomic E-state index is 0.0477. The molecule has 2 amide bonds. The van der Waals surface area contributed by atoms with E-state index in [9.17, 15) is 31.1 Å². The predicted octanol–water partition coefficient (Wildman–Crippen LogP) is 4.52. The summed E-state index contributed by atoms with van der Waals surface area (Å²) in [5, 5.41) is 2.41. The van der Waals surface area contributed by atoms with Gasteiger partial charge in [0, 0.05) is 57.5 Å². The lowest BCUT2D eigenvalue weighted by molar-refractivity contribution is -0.143. The molecule has 1 saturated heterocycles. The molecule has 38 heavy (non-hydrogen) atoms. The minimum Gasteiger partial charge on any atom is -0.470 e. The Bertz CT molecular complexity index is 1210. The molecule has 3 heterocycles. The normalized spacial score (nSPS) is 14.4. The number of alkyl halides is 6. The van der Waals surface area contributed by atoms with Crippen LogP contribution in [0.1, 0.15) is 22.3 Å². The molecule has 0 saturated carbocycles. The van der Waals surface area contributed by atoms with E-state index in [1.54, 1.807) is 24.5 Å². The van der Waals surface area contributed by atoms with Gasteiger partial charge < -0.3 is 19.9 Å². The molecule has 1 fully saturated rings. The zero-order valence-electron chi connectivity index (χ0n) is 19.8. The largest absolute Gasteiger partial charge is 0.470 e. The summed E-state index contributed by atoms with van der Waals surface area (Å²) in [6.07, 6.45) is -3.63. The molecule has 0 bridgehead atoms. The number of nitrogens with zero attached hydrogens (tertiary/aromatic N) is 5. The molecule has 3 aromatic rings. The molecule has 0 spiro atoms. The fourth-order valence-electron chi connectivity index (χ4n) is 3.80. The van der Waals surface area contributed by atoms with Crippen molar-refractivity contribution in [3.05, 3.63) is 77.4 Å². The number of amides is 2. The van der Waals surface area contributed by atoms with Crippen LogP contribution < -0.4 is 15.0 Å². The second kappa shape index (κ2) is 11.1. The van der Waals surface area contributed by atoms with Crippen LogP contribution in [0.4, 0.5) is 37.0 Å². The molecule has 0 aliphatic carbocycles. The van der Waals surface area contributed by atoms with Gasteiger partial charge in [0.15, 0.2) is 5.82 Å². The molecule has 1 N–H and O–H groups in total. The van der Waals surface area contributed by atoms with Gasteiger partial charge in [-0.1, -0.05) is 0 Å². The van der Waals surface area contributed by atoms with Gasteiger partial charge in [0.25, 0.3) is 5.88 Å². The maximum absolute atomic E-state index is 13.1. The first-order chi connectivity index (χ1) is 18.0.